The van der Waals surface area contributed by atoms with Crippen molar-refractivity contribution in [1.82, 2.24) is 4.98 Å². The summed E-state index contributed by atoms with van der Waals surface area (Å²) in [4.78, 5) is 4.65. The number of nitrogens with zero attached hydrogens (tertiary/aromatic N) is 1. The van der Waals surface area contributed by atoms with Gasteiger partial charge in [0.25, 0.3) is 0 Å². The number of hydrogen-bond donors (Lipinski definition) is 0. The van der Waals surface area contributed by atoms with E-state index in [4.69, 9.17) is 0 Å². The van der Waals surface area contributed by atoms with Crippen molar-refractivity contribution in [2.75, 3.05) is 0 Å². The van der Waals surface area contributed by atoms with Gasteiger partial charge in [0.2, 0.25) is 0 Å². The van der Waals surface area contributed by atoms with E-state index in [1.54, 1.807) is 0 Å². The molecule has 0 N–H and O–H groups in total. The maximum Gasteiger partial charge on any atom is 3.00 e. The molecular weight excluding hydrogens is 665 g/mol. The van der Waals surface area contributed by atoms with E-state index in [0.717, 1.165) is 38.9 Å². The van der Waals surface area contributed by atoms with E-state index < -0.39 is 0 Å². The van der Waals surface area contributed by atoms with E-state index in [2.05, 4.69) is 89.4 Å². The van der Waals surface area contributed by atoms with Crippen molar-refractivity contribution in [3.63, 3.8) is 0 Å². The number of aromatic nitrogens is 1. The number of benzene rings is 3. The third-order valence-corrected chi connectivity index (χ3v) is 7.72. The number of hydrogen-bond acceptors (Lipinski definition) is 1. The van der Waals surface area contributed by atoms with E-state index in [9.17, 15) is 0 Å². The summed E-state index contributed by atoms with van der Waals surface area (Å²) in [5, 5.41) is 2.75. The fourth-order valence-corrected chi connectivity index (χ4v) is 5.51. The Morgan fingerprint density at radius 2 is 0.919 bits per heavy atom. The van der Waals surface area contributed by atoms with Crippen molar-refractivity contribution in [1.29, 1.82) is 0 Å². The Kier molecular flexibility index (Phi) is 10.1. The monoisotopic (exact) mass is 689 g/mol. The third-order valence-electron chi connectivity index (χ3n) is 5.51. The standard InChI is InChI=1S/C17H11N.C16H11P2.Ir/c1-3-8-14(9-4-1)16-12-7-13-17(18-16)15-10-5-2-6-11-15;1-3-10-17-15(8-1)13-6-5-7-14(12-13)16-9-2-4-11-18-16;/h1-8,10,12-13H;1-11H;/q-2;-1;+3/p+2. The second kappa shape index (κ2) is 13.9. The van der Waals surface area contributed by atoms with Crippen LogP contribution in [0, 0.1) is 18.2 Å². The second-order valence-electron chi connectivity index (χ2n) is 7.99. The van der Waals surface area contributed by atoms with Crippen molar-refractivity contribution in [2.45, 2.75) is 0 Å². The van der Waals surface area contributed by atoms with Crippen molar-refractivity contribution in [3.8, 4) is 44.2 Å². The summed E-state index contributed by atoms with van der Waals surface area (Å²) < 4.78 is 0. The van der Waals surface area contributed by atoms with Crippen LogP contribution in [0.25, 0.3) is 44.2 Å². The van der Waals surface area contributed by atoms with Gasteiger partial charge in [-0.25, -0.2) is 0 Å². The van der Waals surface area contributed by atoms with Gasteiger partial charge in [0.15, 0.2) is 0 Å². The Labute approximate surface area is 235 Å². The average molecular weight is 689 g/mol. The maximum absolute atomic E-state index is 4.65. The zero-order valence-corrected chi connectivity index (χ0v) is 24.4. The molecular formula is C33H24IrNP2+2. The van der Waals surface area contributed by atoms with Crippen molar-refractivity contribution in [3.05, 3.63) is 151 Å². The van der Waals surface area contributed by atoms with Crippen molar-refractivity contribution in [2.24, 2.45) is 0 Å². The molecule has 0 radical (unpaired) electrons. The third kappa shape index (κ3) is 7.39. The molecule has 1 nitrogen and oxygen atoms in total. The molecule has 0 saturated carbocycles. The summed E-state index contributed by atoms with van der Waals surface area (Å²) in [6, 6.07) is 50.9. The Morgan fingerprint density at radius 1 is 0.459 bits per heavy atom. The molecule has 6 aromatic rings. The normalized spacial score (nSPS) is 10.4. The summed E-state index contributed by atoms with van der Waals surface area (Å²) in [7, 11) is 1.51. The van der Waals surface area contributed by atoms with E-state index in [0.29, 0.717) is 0 Å². The molecule has 2 unspecified atom stereocenters. The Balaban J connectivity index is 0.000000168. The first-order chi connectivity index (χ1) is 17.9. The van der Waals surface area contributed by atoms with E-state index in [1.807, 2.05) is 66.7 Å². The minimum absolute atomic E-state index is 0. The van der Waals surface area contributed by atoms with Gasteiger partial charge in [-0.05, 0) is 35.7 Å². The second-order valence-corrected chi connectivity index (χ2v) is 10.3. The van der Waals surface area contributed by atoms with Crippen LogP contribution < -0.4 is 0 Å². The smallest absolute Gasteiger partial charge is 0.345 e. The van der Waals surface area contributed by atoms with Gasteiger partial charge >= 0.3 is 20.1 Å². The van der Waals surface area contributed by atoms with Crippen LogP contribution in [-0.2, 0) is 20.1 Å². The Hall–Kier alpha value is -3.24. The molecule has 3 heterocycles. The van der Waals surface area contributed by atoms with Gasteiger partial charge in [-0.1, -0.05) is 41.5 Å². The first kappa shape index (κ1) is 26.8. The minimum atomic E-state index is 0. The van der Waals surface area contributed by atoms with Gasteiger partial charge in [-0.3, -0.25) is 0 Å². The van der Waals surface area contributed by atoms with E-state index >= 15 is 0 Å². The Morgan fingerprint density at radius 3 is 1.35 bits per heavy atom. The zero-order chi connectivity index (χ0) is 24.4. The van der Waals surface area contributed by atoms with Crippen LogP contribution in [0.4, 0.5) is 0 Å². The van der Waals surface area contributed by atoms with Crippen molar-refractivity contribution >= 4 is 16.4 Å². The van der Waals surface area contributed by atoms with Crippen LogP contribution in [0.2, 0.25) is 0 Å². The van der Waals surface area contributed by atoms with Gasteiger partial charge in [0.05, 0.1) is 27.0 Å². The van der Waals surface area contributed by atoms with Gasteiger partial charge in [-0.15, -0.1) is 96.1 Å². The SMILES string of the molecule is [Ir+3].[c-]1c(-c2cccc[pH+]2)cccc1-c1cccc[pH+]1.[c-]1ccccc1-c1cccc(-c2[c-]cccc2)n1. The largest absolute Gasteiger partial charge is 3.00 e. The minimum Gasteiger partial charge on any atom is -0.345 e. The van der Waals surface area contributed by atoms with Crippen LogP contribution >= 0.6 is 16.4 Å². The topological polar surface area (TPSA) is 12.9 Å². The maximum atomic E-state index is 4.65. The summed E-state index contributed by atoms with van der Waals surface area (Å²) in [6.45, 7) is 0. The molecule has 0 fully saturated rings. The van der Waals surface area contributed by atoms with Crippen LogP contribution in [0.1, 0.15) is 0 Å². The molecule has 178 valence electrons. The van der Waals surface area contributed by atoms with Crippen LogP contribution in [-0.4, -0.2) is 4.98 Å². The zero-order valence-electron chi connectivity index (χ0n) is 20.0. The summed E-state index contributed by atoms with van der Waals surface area (Å²) >= 11 is 0. The van der Waals surface area contributed by atoms with Crippen LogP contribution in [0.15, 0.2) is 133 Å². The average Bonchev–Trinajstić information content (AvgIpc) is 2.99. The predicted octanol–water partition coefficient (Wildman–Crippen LogP) is 9.46. The van der Waals surface area contributed by atoms with E-state index in [1.165, 1.54) is 21.7 Å². The Bertz CT molecular complexity index is 1280. The number of pyridine rings is 1. The quantitative estimate of drug-likeness (QED) is 0.168. The molecule has 37 heavy (non-hydrogen) atoms. The van der Waals surface area contributed by atoms with Gasteiger partial charge in [-0.2, -0.15) is 0 Å². The van der Waals surface area contributed by atoms with Gasteiger partial charge in [0, 0.05) is 0 Å². The molecule has 0 bridgehead atoms. The fraction of sp³-hybridized carbons (Fsp3) is 0. The molecule has 0 spiro atoms. The number of rotatable bonds is 4. The molecule has 3 aromatic heterocycles. The molecule has 0 saturated heterocycles. The van der Waals surface area contributed by atoms with Crippen LogP contribution in [0.5, 0.6) is 0 Å². The molecule has 2 atom stereocenters. The van der Waals surface area contributed by atoms with Gasteiger partial charge in [0.1, 0.15) is 11.6 Å². The summed E-state index contributed by atoms with van der Waals surface area (Å²) in [5.41, 5.74) is 6.35. The first-order valence-corrected chi connectivity index (χ1v) is 13.9. The van der Waals surface area contributed by atoms with Crippen LogP contribution in [0.3, 0.4) is 0 Å². The summed E-state index contributed by atoms with van der Waals surface area (Å²) in [5.74, 6) is 4.43. The predicted molar refractivity (Wildman–Crippen MR) is 157 cm³/mol. The molecule has 0 aliphatic rings. The molecule has 0 aliphatic heterocycles. The van der Waals surface area contributed by atoms with Crippen molar-refractivity contribution < 1.29 is 20.1 Å². The molecule has 0 amide bonds. The first-order valence-electron chi connectivity index (χ1n) is 11.7. The molecule has 6 rings (SSSR count). The molecule has 3 aromatic carbocycles. The molecule has 4 heteroatoms. The molecule has 0 aliphatic carbocycles. The van der Waals surface area contributed by atoms with Gasteiger partial charge < -0.3 is 4.98 Å². The fourth-order valence-electron chi connectivity index (χ4n) is 3.74. The van der Waals surface area contributed by atoms with E-state index in [-0.39, 0.29) is 20.1 Å². The summed E-state index contributed by atoms with van der Waals surface area (Å²) in [6.07, 6.45) is 0.